The van der Waals surface area contributed by atoms with Crippen LogP contribution in [0.25, 0.3) is 0 Å². The van der Waals surface area contributed by atoms with Crippen LogP contribution >= 0.6 is 0 Å². The number of rotatable bonds is 2. The molecule has 3 N–H and O–H groups in total. The zero-order valence-electron chi connectivity index (χ0n) is 7.62. The highest BCUT2D eigenvalue weighted by molar-refractivity contribution is 4.84. The van der Waals surface area contributed by atoms with Gasteiger partial charge in [0.2, 0.25) is 0 Å². The van der Waals surface area contributed by atoms with Crippen LogP contribution < -0.4 is 0 Å². The molecule has 1 fully saturated rings. The molecule has 13 heavy (non-hydrogen) atoms. The molecule has 0 aromatic heterocycles. The van der Waals surface area contributed by atoms with Crippen molar-refractivity contribution in [3.05, 3.63) is 0 Å². The van der Waals surface area contributed by atoms with E-state index < -0.39 is 24.5 Å². The zero-order valence-corrected chi connectivity index (χ0v) is 7.62. The summed E-state index contributed by atoms with van der Waals surface area (Å²) in [5.74, 6) is 0. The second kappa shape index (κ2) is 4.32. The predicted octanol–water partition coefficient (Wildman–Crippen LogP) is -2.08. The molecule has 0 aromatic rings. The average Bonchev–Trinajstić information content (AvgIpc) is 2.13. The lowest BCUT2D eigenvalue weighted by Crippen LogP contribution is -2.57. The largest absolute Gasteiger partial charge is 0.388 e. The van der Waals surface area contributed by atoms with Crippen molar-refractivity contribution >= 4 is 0 Å². The minimum atomic E-state index is -1.20. The smallest absolute Gasteiger partial charge is 0.161 e. The highest BCUT2D eigenvalue weighted by Crippen LogP contribution is 2.17. The number of nitrogens with zero attached hydrogens (tertiary/aromatic N) is 1. The minimum Gasteiger partial charge on any atom is -0.388 e. The number of hydrogen-bond donors (Lipinski definition) is 3. The van der Waals surface area contributed by atoms with Crippen LogP contribution in [0.4, 0.5) is 0 Å². The van der Waals surface area contributed by atoms with E-state index in [1.807, 2.05) is 0 Å². The van der Waals surface area contributed by atoms with E-state index in [9.17, 15) is 10.2 Å². The lowest BCUT2D eigenvalue weighted by atomic mass is 10.0. The van der Waals surface area contributed by atoms with Crippen LogP contribution in [0.15, 0.2) is 0 Å². The Bertz CT molecular complexity index is 167. The maximum atomic E-state index is 9.45. The van der Waals surface area contributed by atoms with E-state index in [0.717, 1.165) is 0 Å². The summed E-state index contributed by atoms with van der Waals surface area (Å²) in [6.07, 6.45) is -4.16. The van der Waals surface area contributed by atoms with Crippen LogP contribution in [0.2, 0.25) is 0 Å². The van der Waals surface area contributed by atoms with Gasteiger partial charge in [0.25, 0.3) is 0 Å². The third-order valence-corrected chi connectivity index (χ3v) is 2.12. The predicted molar refractivity (Wildman–Crippen MR) is 42.5 cm³/mol. The van der Waals surface area contributed by atoms with Crippen LogP contribution in [0.1, 0.15) is 0 Å². The van der Waals surface area contributed by atoms with Gasteiger partial charge in [-0.05, 0) is 0 Å². The molecule has 1 aliphatic heterocycles. The number of hydroxylamine groups is 2. The van der Waals surface area contributed by atoms with E-state index in [4.69, 9.17) is 14.7 Å². The molecule has 0 amide bonds. The quantitative estimate of drug-likeness (QED) is 0.437. The van der Waals surface area contributed by atoms with Crippen molar-refractivity contribution in [2.45, 2.75) is 24.5 Å². The van der Waals surface area contributed by atoms with Crippen molar-refractivity contribution in [1.82, 2.24) is 5.06 Å². The van der Waals surface area contributed by atoms with Gasteiger partial charge in [-0.25, -0.2) is 0 Å². The Kier molecular flexibility index (Phi) is 3.60. The second-order valence-corrected chi connectivity index (χ2v) is 3.00. The fraction of sp³-hybridized carbons (Fsp3) is 1.00. The van der Waals surface area contributed by atoms with Gasteiger partial charge in [-0.15, -0.1) is 0 Å². The number of aliphatic hydroxyl groups excluding tert-OH is 3. The Labute approximate surface area is 76.2 Å². The normalized spacial score (nSPS) is 41.1. The van der Waals surface area contributed by atoms with Crippen LogP contribution in [-0.2, 0) is 9.57 Å². The van der Waals surface area contributed by atoms with Gasteiger partial charge in [0.05, 0.1) is 13.7 Å². The molecule has 1 rings (SSSR count). The van der Waals surface area contributed by atoms with E-state index in [1.54, 1.807) is 7.05 Å². The Morgan fingerprint density at radius 1 is 1.31 bits per heavy atom. The van der Waals surface area contributed by atoms with Crippen LogP contribution in [0, 0.1) is 0 Å². The first-order valence-corrected chi connectivity index (χ1v) is 4.00. The number of aliphatic hydroxyl groups is 3. The SMILES string of the molecule is CON(C)[C@H]1OC[C@H](O)C(O)C1O. The molecule has 1 saturated heterocycles. The van der Waals surface area contributed by atoms with Crippen molar-refractivity contribution in [2.24, 2.45) is 0 Å². The highest BCUT2D eigenvalue weighted by Gasteiger charge is 2.39. The molecule has 0 bridgehead atoms. The molecule has 0 spiro atoms. The first kappa shape index (κ1) is 10.8. The number of hydrogen-bond acceptors (Lipinski definition) is 6. The second-order valence-electron chi connectivity index (χ2n) is 3.00. The van der Waals surface area contributed by atoms with E-state index in [2.05, 4.69) is 0 Å². The molecule has 4 atom stereocenters. The van der Waals surface area contributed by atoms with Crippen LogP contribution in [0.5, 0.6) is 0 Å². The van der Waals surface area contributed by atoms with Crippen molar-refractivity contribution in [1.29, 1.82) is 0 Å². The fourth-order valence-electron chi connectivity index (χ4n) is 1.21. The van der Waals surface area contributed by atoms with Gasteiger partial charge in [0.1, 0.15) is 18.3 Å². The summed E-state index contributed by atoms with van der Waals surface area (Å²) in [4.78, 5) is 4.80. The van der Waals surface area contributed by atoms with Gasteiger partial charge in [-0.2, -0.15) is 5.06 Å². The summed E-state index contributed by atoms with van der Waals surface area (Å²) in [6, 6.07) is 0. The number of likely N-dealkylation sites (N-methyl/N-ethyl adjacent to an activating group) is 1. The standard InChI is InChI=1S/C7H15NO5/c1-8(12-2)7-6(11)5(10)4(9)3-13-7/h4-7,9-11H,3H2,1-2H3/t4-,5?,6?,7-/m0/s1. The first-order valence-electron chi connectivity index (χ1n) is 4.00. The van der Waals surface area contributed by atoms with Gasteiger partial charge < -0.3 is 20.1 Å². The van der Waals surface area contributed by atoms with Gasteiger partial charge in [-0.1, -0.05) is 0 Å². The minimum absolute atomic E-state index is 0.0173. The van der Waals surface area contributed by atoms with Crippen molar-refractivity contribution in [3.63, 3.8) is 0 Å². The molecule has 0 aromatic carbocycles. The summed E-state index contributed by atoms with van der Waals surface area (Å²) in [5.41, 5.74) is 0. The van der Waals surface area contributed by atoms with E-state index in [-0.39, 0.29) is 6.61 Å². The number of ether oxygens (including phenoxy) is 1. The maximum Gasteiger partial charge on any atom is 0.161 e. The van der Waals surface area contributed by atoms with Crippen LogP contribution in [0.3, 0.4) is 0 Å². The topological polar surface area (TPSA) is 82.4 Å². The van der Waals surface area contributed by atoms with Gasteiger partial charge in [0.15, 0.2) is 6.23 Å². The Hall–Kier alpha value is -0.240. The molecule has 0 saturated carbocycles. The molecule has 1 aliphatic rings. The monoisotopic (exact) mass is 193 g/mol. The molecular formula is C7H15NO5. The van der Waals surface area contributed by atoms with Gasteiger partial charge in [0, 0.05) is 7.05 Å². The molecular weight excluding hydrogens is 178 g/mol. The van der Waals surface area contributed by atoms with E-state index in [1.165, 1.54) is 12.2 Å². The van der Waals surface area contributed by atoms with Crippen molar-refractivity contribution < 1.29 is 24.9 Å². The lowest BCUT2D eigenvalue weighted by Gasteiger charge is -2.38. The molecule has 2 unspecified atom stereocenters. The van der Waals surface area contributed by atoms with E-state index >= 15 is 0 Å². The summed E-state index contributed by atoms with van der Waals surface area (Å²) in [6.45, 7) is -0.0173. The molecule has 0 radical (unpaired) electrons. The van der Waals surface area contributed by atoms with Gasteiger partial charge >= 0.3 is 0 Å². The summed E-state index contributed by atoms with van der Waals surface area (Å²) >= 11 is 0. The first-order chi connectivity index (χ1) is 6.07. The maximum absolute atomic E-state index is 9.45. The molecule has 6 nitrogen and oxygen atoms in total. The van der Waals surface area contributed by atoms with Crippen molar-refractivity contribution in [2.75, 3.05) is 20.8 Å². The molecule has 78 valence electrons. The Morgan fingerprint density at radius 2 is 1.92 bits per heavy atom. The highest BCUT2D eigenvalue weighted by atomic mass is 16.7. The summed E-state index contributed by atoms with van der Waals surface area (Å²) in [5, 5.41) is 29.2. The third kappa shape index (κ3) is 2.16. The van der Waals surface area contributed by atoms with Gasteiger partial charge in [-0.3, -0.25) is 4.84 Å². The molecule has 1 heterocycles. The van der Waals surface area contributed by atoms with E-state index in [0.29, 0.717) is 0 Å². The lowest BCUT2D eigenvalue weighted by molar-refractivity contribution is -0.296. The third-order valence-electron chi connectivity index (χ3n) is 2.12. The van der Waals surface area contributed by atoms with Crippen LogP contribution in [-0.4, -0.2) is 65.7 Å². The van der Waals surface area contributed by atoms with Crippen molar-refractivity contribution in [3.8, 4) is 0 Å². The fourth-order valence-corrected chi connectivity index (χ4v) is 1.21. The summed E-state index contributed by atoms with van der Waals surface area (Å²) < 4.78 is 5.07. The Balaban J connectivity index is 2.58. The average molecular weight is 193 g/mol. The summed E-state index contributed by atoms with van der Waals surface area (Å²) in [7, 11) is 2.99. The Morgan fingerprint density at radius 3 is 2.46 bits per heavy atom. The molecule has 0 aliphatic carbocycles. The zero-order chi connectivity index (χ0) is 10.0. The molecule has 6 heteroatoms.